The van der Waals surface area contributed by atoms with E-state index in [-0.39, 0.29) is 11.8 Å². The minimum Gasteiger partial charge on any atom is -0.325 e. The van der Waals surface area contributed by atoms with Crippen molar-refractivity contribution in [2.75, 3.05) is 26.2 Å². The first kappa shape index (κ1) is 11.0. The predicted molar refractivity (Wildman–Crippen MR) is 54.1 cm³/mol. The van der Waals surface area contributed by atoms with Crippen LogP contribution in [0.25, 0.3) is 0 Å². The smallest absolute Gasteiger partial charge is 0.320 e. The number of ketones is 1. The number of Topliss-reactive ketones (excluding diaryl/α,β-unsaturated/α-hetero) is 1. The van der Waals surface area contributed by atoms with E-state index in [2.05, 4.69) is 0 Å². The van der Waals surface area contributed by atoms with Crippen LogP contribution in [0.1, 0.15) is 26.7 Å². The molecule has 2 amide bonds. The molecule has 1 rings (SSSR count). The number of amides is 2. The Morgan fingerprint density at radius 1 is 1.43 bits per heavy atom. The Balaban J connectivity index is 2.54. The molecule has 14 heavy (non-hydrogen) atoms. The lowest BCUT2D eigenvalue weighted by molar-refractivity contribution is -0.121. The van der Waals surface area contributed by atoms with Crippen molar-refractivity contribution >= 4 is 11.8 Å². The molecular weight excluding hydrogens is 180 g/mol. The highest BCUT2D eigenvalue weighted by molar-refractivity contribution is 5.86. The molecule has 0 atom stereocenters. The molecule has 0 radical (unpaired) electrons. The summed E-state index contributed by atoms with van der Waals surface area (Å²) >= 11 is 0. The van der Waals surface area contributed by atoms with Gasteiger partial charge in [0, 0.05) is 26.1 Å². The second kappa shape index (κ2) is 4.98. The summed E-state index contributed by atoms with van der Waals surface area (Å²) in [4.78, 5) is 26.4. The van der Waals surface area contributed by atoms with Crippen molar-refractivity contribution in [3.63, 3.8) is 0 Å². The third-order valence-corrected chi connectivity index (χ3v) is 2.56. The monoisotopic (exact) mass is 198 g/mol. The van der Waals surface area contributed by atoms with Gasteiger partial charge in [0.25, 0.3) is 0 Å². The van der Waals surface area contributed by atoms with Gasteiger partial charge in [0.2, 0.25) is 0 Å². The van der Waals surface area contributed by atoms with Gasteiger partial charge in [-0.3, -0.25) is 4.79 Å². The topological polar surface area (TPSA) is 40.6 Å². The van der Waals surface area contributed by atoms with Crippen LogP contribution < -0.4 is 0 Å². The Kier molecular flexibility index (Phi) is 3.92. The molecule has 0 spiro atoms. The summed E-state index contributed by atoms with van der Waals surface area (Å²) in [5, 5.41) is 0. The molecule has 0 aromatic carbocycles. The van der Waals surface area contributed by atoms with Crippen molar-refractivity contribution in [2.45, 2.75) is 26.7 Å². The molecule has 1 aliphatic rings. The summed E-state index contributed by atoms with van der Waals surface area (Å²) in [6.45, 7) is 6.34. The first-order valence-corrected chi connectivity index (χ1v) is 5.24. The van der Waals surface area contributed by atoms with Crippen LogP contribution in [0, 0.1) is 0 Å². The average Bonchev–Trinajstić information content (AvgIpc) is 2.19. The largest absolute Gasteiger partial charge is 0.325 e. The van der Waals surface area contributed by atoms with Crippen LogP contribution in [0.2, 0.25) is 0 Å². The number of likely N-dealkylation sites (tertiary alicyclic amines) is 1. The Bertz CT molecular complexity index is 224. The van der Waals surface area contributed by atoms with E-state index < -0.39 is 0 Å². The number of urea groups is 1. The number of hydrogen-bond donors (Lipinski definition) is 0. The van der Waals surface area contributed by atoms with Crippen molar-refractivity contribution in [3.05, 3.63) is 0 Å². The predicted octanol–water partition coefficient (Wildman–Crippen LogP) is 1.11. The van der Waals surface area contributed by atoms with Gasteiger partial charge in [0.15, 0.2) is 5.78 Å². The third kappa shape index (κ3) is 2.47. The first-order chi connectivity index (χ1) is 6.69. The van der Waals surface area contributed by atoms with Crippen LogP contribution in [-0.2, 0) is 4.79 Å². The van der Waals surface area contributed by atoms with Crippen LogP contribution in [0.3, 0.4) is 0 Å². The van der Waals surface area contributed by atoms with E-state index in [0.29, 0.717) is 26.1 Å². The van der Waals surface area contributed by atoms with E-state index in [4.69, 9.17) is 0 Å². The van der Waals surface area contributed by atoms with Gasteiger partial charge in [-0.05, 0) is 20.3 Å². The van der Waals surface area contributed by atoms with E-state index in [1.54, 1.807) is 9.80 Å². The lowest BCUT2D eigenvalue weighted by atomic mass is 10.1. The fourth-order valence-corrected chi connectivity index (χ4v) is 1.70. The summed E-state index contributed by atoms with van der Waals surface area (Å²) in [5.74, 6) is 0.178. The summed E-state index contributed by atoms with van der Waals surface area (Å²) in [7, 11) is 0. The lowest BCUT2D eigenvalue weighted by Gasteiger charge is -2.31. The molecule has 1 heterocycles. The van der Waals surface area contributed by atoms with E-state index in [1.165, 1.54) is 0 Å². The number of carbonyl (C=O) groups is 2. The molecule has 1 saturated heterocycles. The molecule has 0 saturated carbocycles. The number of nitrogens with zero attached hydrogens (tertiary/aromatic N) is 2. The SMILES string of the molecule is CCN(CC)C(=O)N1CCCC(=O)C1. The highest BCUT2D eigenvalue weighted by Crippen LogP contribution is 2.08. The van der Waals surface area contributed by atoms with E-state index in [0.717, 1.165) is 13.0 Å². The maximum atomic E-state index is 11.8. The number of carbonyl (C=O) groups excluding carboxylic acids is 2. The van der Waals surface area contributed by atoms with Crippen molar-refractivity contribution < 1.29 is 9.59 Å². The van der Waals surface area contributed by atoms with Crippen molar-refractivity contribution in [1.29, 1.82) is 0 Å². The van der Waals surface area contributed by atoms with Crippen LogP contribution in [-0.4, -0.2) is 47.8 Å². The van der Waals surface area contributed by atoms with Gasteiger partial charge in [-0.1, -0.05) is 0 Å². The molecule has 0 aromatic heterocycles. The van der Waals surface area contributed by atoms with Gasteiger partial charge in [0.05, 0.1) is 6.54 Å². The van der Waals surface area contributed by atoms with Crippen molar-refractivity contribution in [2.24, 2.45) is 0 Å². The first-order valence-electron chi connectivity index (χ1n) is 5.24. The third-order valence-electron chi connectivity index (χ3n) is 2.56. The Hall–Kier alpha value is -1.06. The normalized spacial score (nSPS) is 17.0. The van der Waals surface area contributed by atoms with Gasteiger partial charge in [-0.25, -0.2) is 4.79 Å². The van der Waals surface area contributed by atoms with Crippen LogP contribution in [0.15, 0.2) is 0 Å². The van der Waals surface area contributed by atoms with Gasteiger partial charge < -0.3 is 9.80 Å². The van der Waals surface area contributed by atoms with E-state index in [9.17, 15) is 9.59 Å². The van der Waals surface area contributed by atoms with Crippen molar-refractivity contribution in [3.8, 4) is 0 Å². The molecule has 0 aliphatic carbocycles. The van der Waals surface area contributed by atoms with Gasteiger partial charge >= 0.3 is 6.03 Å². The van der Waals surface area contributed by atoms with E-state index >= 15 is 0 Å². The lowest BCUT2D eigenvalue weighted by Crippen LogP contribution is -2.47. The second-order valence-electron chi connectivity index (χ2n) is 3.52. The fraction of sp³-hybridized carbons (Fsp3) is 0.800. The summed E-state index contributed by atoms with van der Waals surface area (Å²) < 4.78 is 0. The Morgan fingerprint density at radius 2 is 2.07 bits per heavy atom. The highest BCUT2D eigenvalue weighted by atomic mass is 16.2. The standard InChI is InChI=1S/C10H18N2O2/c1-3-11(4-2)10(14)12-7-5-6-9(13)8-12/h3-8H2,1-2H3. The van der Waals surface area contributed by atoms with Crippen LogP contribution in [0.4, 0.5) is 4.79 Å². The molecule has 0 N–H and O–H groups in total. The molecule has 0 bridgehead atoms. The zero-order chi connectivity index (χ0) is 10.6. The summed E-state index contributed by atoms with van der Waals surface area (Å²) in [5.41, 5.74) is 0. The quantitative estimate of drug-likeness (QED) is 0.667. The average molecular weight is 198 g/mol. The molecule has 4 heteroatoms. The molecule has 4 nitrogen and oxygen atoms in total. The van der Waals surface area contributed by atoms with Crippen molar-refractivity contribution in [1.82, 2.24) is 9.80 Å². The minimum atomic E-state index is 0.00282. The maximum Gasteiger partial charge on any atom is 0.320 e. The molecule has 0 aromatic rings. The Labute approximate surface area is 84.9 Å². The van der Waals surface area contributed by atoms with Crippen LogP contribution >= 0.6 is 0 Å². The second-order valence-corrected chi connectivity index (χ2v) is 3.52. The Morgan fingerprint density at radius 3 is 2.57 bits per heavy atom. The minimum absolute atomic E-state index is 0.00282. The van der Waals surface area contributed by atoms with Crippen LogP contribution in [0.5, 0.6) is 0 Å². The van der Waals surface area contributed by atoms with Gasteiger partial charge in [0.1, 0.15) is 0 Å². The molecular formula is C10H18N2O2. The molecule has 0 unspecified atom stereocenters. The molecule has 1 fully saturated rings. The van der Waals surface area contributed by atoms with Gasteiger partial charge in [-0.2, -0.15) is 0 Å². The number of hydrogen-bond acceptors (Lipinski definition) is 2. The summed E-state index contributed by atoms with van der Waals surface area (Å²) in [6.07, 6.45) is 1.44. The number of piperidine rings is 1. The zero-order valence-corrected chi connectivity index (χ0v) is 8.95. The maximum absolute atomic E-state index is 11.8. The number of rotatable bonds is 2. The summed E-state index contributed by atoms with van der Waals surface area (Å²) in [6, 6.07) is 0.00282. The fourth-order valence-electron chi connectivity index (χ4n) is 1.70. The molecule has 1 aliphatic heterocycles. The molecule has 80 valence electrons. The van der Waals surface area contributed by atoms with Gasteiger partial charge in [-0.15, -0.1) is 0 Å². The highest BCUT2D eigenvalue weighted by Gasteiger charge is 2.23. The zero-order valence-electron chi connectivity index (χ0n) is 8.95. The van der Waals surface area contributed by atoms with E-state index in [1.807, 2.05) is 13.8 Å².